The van der Waals surface area contributed by atoms with Gasteiger partial charge in [0.2, 0.25) is 5.88 Å². The molecule has 2 aliphatic rings. The summed E-state index contributed by atoms with van der Waals surface area (Å²) in [5.41, 5.74) is 0. The van der Waals surface area contributed by atoms with E-state index in [1.807, 2.05) is 19.0 Å². The van der Waals surface area contributed by atoms with Crippen molar-refractivity contribution in [3.8, 4) is 5.88 Å². The Bertz CT molecular complexity index is 459. The van der Waals surface area contributed by atoms with Crippen LogP contribution < -0.4 is 15.0 Å². The lowest BCUT2D eigenvalue weighted by Crippen LogP contribution is -2.37. The third-order valence-corrected chi connectivity index (χ3v) is 5.18. The molecule has 112 valence electrons. The number of nitrogens with one attached hydrogen (secondary N) is 1. The van der Waals surface area contributed by atoms with Crippen LogP contribution in [-0.2, 0) is 11.3 Å². The van der Waals surface area contributed by atoms with Crippen molar-refractivity contribution in [2.45, 2.75) is 38.0 Å². The highest BCUT2D eigenvalue weighted by atomic mass is 32.1. The molecule has 0 spiro atoms. The molecule has 1 N–H and O–H groups in total. The summed E-state index contributed by atoms with van der Waals surface area (Å²) in [6, 6.07) is 0.483. The number of hydrogen-bond donors (Lipinski definition) is 1. The maximum absolute atomic E-state index is 5.86. The van der Waals surface area contributed by atoms with Crippen molar-refractivity contribution in [1.82, 2.24) is 10.3 Å². The van der Waals surface area contributed by atoms with Crippen molar-refractivity contribution >= 4 is 16.5 Å². The molecule has 1 saturated heterocycles. The fourth-order valence-electron chi connectivity index (χ4n) is 2.73. The molecule has 6 heteroatoms. The molecular formula is C14H23N3O2S. The zero-order valence-corrected chi connectivity index (χ0v) is 13.2. The highest BCUT2D eigenvalue weighted by molar-refractivity contribution is 7.15. The predicted molar refractivity (Wildman–Crippen MR) is 80.7 cm³/mol. The maximum Gasteiger partial charge on any atom is 0.230 e. The topological polar surface area (TPSA) is 46.6 Å². The van der Waals surface area contributed by atoms with Gasteiger partial charge in [0.1, 0.15) is 0 Å². The van der Waals surface area contributed by atoms with Crippen LogP contribution in [0.15, 0.2) is 0 Å². The lowest BCUT2D eigenvalue weighted by Gasteiger charge is -2.19. The van der Waals surface area contributed by atoms with E-state index in [4.69, 9.17) is 9.47 Å². The van der Waals surface area contributed by atoms with Gasteiger partial charge in [0, 0.05) is 33.3 Å². The summed E-state index contributed by atoms with van der Waals surface area (Å²) in [7, 11) is 5.69. The Morgan fingerprint density at radius 2 is 2.20 bits per heavy atom. The Kier molecular flexibility index (Phi) is 4.14. The third kappa shape index (κ3) is 2.92. The summed E-state index contributed by atoms with van der Waals surface area (Å²) in [5.74, 6) is 1.53. The number of thiazole rings is 1. The van der Waals surface area contributed by atoms with Gasteiger partial charge in [-0.15, -0.1) is 0 Å². The van der Waals surface area contributed by atoms with E-state index in [-0.39, 0.29) is 0 Å². The summed E-state index contributed by atoms with van der Waals surface area (Å²) in [5, 5.41) is 4.63. The molecule has 2 atom stereocenters. The lowest BCUT2D eigenvalue weighted by molar-refractivity contribution is 0.0809. The van der Waals surface area contributed by atoms with E-state index in [9.17, 15) is 0 Å². The van der Waals surface area contributed by atoms with Crippen LogP contribution in [0.25, 0.3) is 0 Å². The zero-order chi connectivity index (χ0) is 14.1. The second-order valence-corrected chi connectivity index (χ2v) is 6.83. The third-order valence-electron chi connectivity index (χ3n) is 3.97. The standard InChI is InChI=1S/C14H23N3O2S/c1-17(2)14-16-13(18-3)11(20-14)8-15-10-6-7-19-12(10)9-4-5-9/h9-10,12,15H,4-8H2,1-3H3. The van der Waals surface area contributed by atoms with Crippen molar-refractivity contribution in [2.75, 3.05) is 32.7 Å². The Labute approximate surface area is 124 Å². The van der Waals surface area contributed by atoms with E-state index < -0.39 is 0 Å². The van der Waals surface area contributed by atoms with Crippen LogP contribution in [0.3, 0.4) is 0 Å². The van der Waals surface area contributed by atoms with E-state index in [2.05, 4.69) is 10.3 Å². The van der Waals surface area contributed by atoms with Gasteiger partial charge in [-0.2, -0.15) is 4.98 Å². The Morgan fingerprint density at radius 3 is 2.85 bits per heavy atom. The smallest absolute Gasteiger partial charge is 0.230 e. The van der Waals surface area contributed by atoms with Gasteiger partial charge >= 0.3 is 0 Å². The molecule has 1 aliphatic heterocycles. The van der Waals surface area contributed by atoms with Gasteiger partial charge in [0.05, 0.1) is 18.1 Å². The summed E-state index contributed by atoms with van der Waals surface area (Å²) < 4.78 is 11.2. The number of methoxy groups -OCH3 is 1. The molecular weight excluding hydrogens is 274 g/mol. The SMILES string of the molecule is COc1nc(N(C)C)sc1CNC1CCOC1C1CC1. The second-order valence-electron chi connectivity index (χ2n) is 5.77. The van der Waals surface area contributed by atoms with E-state index in [1.54, 1.807) is 18.4 Å². The minimum atomic E-state index is 0.419. The molecule has 2 fully saturated rings. The molecule has 3 rings (SSSR count). The van der Waals surface area contributed by atoms with E-state index in [0.717, 1.165) is 41.4 Å². The first-order valence-electron chi connectivity index (χ1n) is 7.25. The quantitative estimate of drug-likeness (QED) is 0.868. The summed E-state index contributed by atoms with van der Waals surface area (Å²) in [6.07, 6.45) is 4.19. The average molecular weight is 297 g/mol. The van der Waals surface area contributed by atoms with Crippen LogP contribution in [0, 0.1) is 5.92 Å². The Balaban J connectivity index is 1.62. The Morgan fingerprint density at radius 1 is 1.40 bits per heavy atom. The fraction of sp³-hybridized carbons (Fsp3) is 0.786. The first-order chi connectivity index (χ1) is 9.69. The monoisotopic (exact) mass is 297 g/mol. The summed E-state index contributed by atoms with van der Waals surface area (Å²) >= 11 is 1.69. The molecule has 0 bridgehead atoms. The minimum Gasteiger partial charge on any atom is -0.480 e. The van der Waals surface area contributed by atoms with Crippen LogP contribution >= 0.6 is 11.3 Å². The van der Waals surface area contributed by atoms with Crippen molar-refractivity contribution < 1.29 is 9.47 Å². The van der Waals surface area contributed by atoms with Gasteiger partial charge in [-0.3, -0.25) is 0 Å². The maximum atomic E-state index is 5.86. The van der Waals surface area contributed by atoms with Crippen LogP contribution in [0.2, 0.25) is 0 Å². The van der Waals surface area contributed by atoms with E-state index in [1.165, 1.54) is 12.8 Å². The van der Waals surface area contributed by atoms with Gasteiger partial charge in [0.15, 0.2) is 5.13 Å². The molecule has 0 radical (unpaired) electrons. The van der Waals surface area contributed by atoms with Gasteiger partial charge < -0.3 is 19.7 Å². The minimum absolute atomic E-state index is 0.419. The van der Waals surface area contributed by atoms with E-state index in [0.29, 0.717) is 12.1 Å². The highest BCUT2D eigenvalue weighted by Gasteiger charge is 2.40. The van der Waals surface area contributed by atoms with Crippen LogP contribution in [0.5, 0.6) is 5.88 Å². The van der Waals surface area contributed by atoms with Gasteiger partial charge in [-0.25, -0.2) is 0 Å². The summed E-state index contributed by atoms with van der Waals surface area (Å²) in [4.78, 5) is 7.67. The molecule has 1 saturated carbocycles. The molecule has 5 nitrogen and oxygen atoms in total. The van der Waals surface area contributed by atoms with Crippen molar-refractivity contribution in [1.29, 1.82) is 0 Å². The van der Waals surface area contributed by atoms with Crippen LogP contribution in [-0.4, -0.2) is 44.9 Å². The number of rotatable bonds is 6. The number of nitrogens with zero attached hydrogens (tertiary/aromatic N) is 2. The largest absolute Gasteiger partial charge is 0.480 e. The van der Waals surface area contributed by atoms with Crippen molar-refractivity contribution in [2.24, 2.45) is 5.92 Å². The number of hydrogen-bond acceptors (Lipinski definition) is 6. The van der Waals surface area contributed by atoms with Crippen LogP contribution in [0.1, 0.15) is 24.1 Å². The van der Waals surface area contributed by atoms with E-state index >= 15 is 0 Å². The van der Waals surface area contributed by atoms with Gasteiger partial charge in [-0.05, 0) is 25.2 Å². The highest BCUT2D eigenvalue weighted by Crippen LogP contribution is 2.39. The molecule has 2 heterocycles. The molecule has 0 amide bonds. The zero-order valence-electron chi connectivity index (χ0n) is 12.4. The van der Waals surface area contributed by atoms with Crippen molar-refractivity contribution in [3.05, 3.63) is 4.88 Å². The first-order valence-corrected chi connectivity index (χ1v) is 8.06. The average Bonchev–Trinajstić information content (AvgIpc) is 3.03. The normalized spacial score (nSPS) is 25.9. The first kappa shape index (κ1) is 14.1. The Hall–Kier alpha value is -0.850. The number of anilines is 1. The van der Waals surface area contributed by atoms with Gasteiger partial charge in [-0.1, -0.05) is 11.3 Å². The molecule has 1 aliphatic carbocycles. The molecule has 1 aromatic rings. The number of ether oxygens (including phenoxy) is 2. The summed E-state index contributed by atoms with van der Waals surface area (Å²) in [6.45, 7) is 1.70. The predicted octanol–water partition coefficient (Wildman–Crippen LogP) is 1.87. The van der Waals surface area contributed by atoms with Gasteiger partial charge in [0.25, 0.3) is 0 Å². The lowest BCUT2D eigenvalue weighted by atomic mass is 10.1. The second kappa shape index (κ2) is 5.87. The fourth-order valence-corrected chi connectivity index (χ4v) is 3.63. The molecule has 0 aromatic carbocycles. The molecule has 20 heavy (non-hydrogen) atoms. The van der Waals surface area contributed by atoms with Crippen molar-refractivity contribution in [3.63, 3.8) is 0 Å². The van der Waals surface area contributed by atoms with Crippen LogP contribution in [0.4, 0.5) is 5.13 Å². The molecule has 2 unspecified atom stereocenters. The molecule has 1 aromatic heterocycles. The number of aromatic nitrogens is 1.